The number of benzene rings is 2. The number of aromatic nitrogens is 1. The van der Waals surface area contributed by atoms with E-state index in [0.29, 0.717) is 10.5 Å². The molecule has 0 aliphatic rings. The Bertz CT molecular complexity index is 921. The lowest BCUT2D eigenvalue weighted by Gasteiger charge is -2.06. The summed E-state index contributed by atoms with van der Waals surface area (Å²) < 4.78 is 40.4. The Morgan fingerprint density at radius 3 is 2.38 bits per heavy atom. The van der Waals surface area contributed by atoms with E-state index in [9.17, 15) is 13.2 Å². The number of hydrogen-bond donors (Lipinski definition) is 0. The molecule has 0 saturated heterocycles. The van der Waals surface area contributed by atoms with E-state index in [1.54, 1.807) is 6.07 Å². The van der Waals surface area contributed by atoms with Gasteiger partial charge in [0, 0.05) is 11.9 Å². The van der Waals surface area contributed by atoms with Crippen molar-refractivity contribution >= 4 is 17.0 Å². The average Bonchev–Trinajstić information content (AvgIpc) is 2.82. The van der Waals surface area contributed by atoms with Crippen LogP contribution in [0.4, 0.5) is 18.9 Å². The topological polar surface area (TPSA) is 17.3 Å². The van der Waals surface area contributed by atoms with Crippen molar-refractivity contribution < 1.29 is 13.2 Å². The molecule has 0 fully saturated rings. The minimum Gasteiger partial charge on any atom is -0.319 e. The van der Waals surface area contributed by atoms with E-state index in [0.717, 1.165) is 28.3 Å². The average molecular weight is 348 g/mol. The van der Waals surface area contributed by atoms with Crippen LogP contribution in [0.1, 0.15) is 10.4 Å². The largest absolute Gasteiger partial charge is 0.416 e. The molecule has 0 aliphatic carbocycles. The fraction of sp³-hybridized carbons (Fsp3) is 0.167. The molecular weight excluding hydrogens is 333 g/mol. The van der Waals surface area contributed by atoms with Crippen LogP contribution in [0.25, 0.3) is 11.3 Å². The minimum atomic E-state index is -4.37. The number of halogens is 3. The molecule has 0 bridgehead atoms. The Labute approximate surface area is 141 Å². The smallest absolute Gasteiger partial charge is 0.319 e. The highest BCUT2D eigenvalue weighted by molar-refractivity contribution is 7.09. The zero-order valence-corrected chi connectivity index (χ0v) is 13.9. The van der Waals surface area contributed by atoms with Crippen molar-refractivity contribution in [3.05, 3.63) is 69.8 Å². The molecular formula is C18H15F3N2S. The van der Waals surface area contributed by atoms with Crippen molar-refractivity contribution in [1.29, 1.82) is 0 Å². The van der Waals surface area contributed by atoms with Crippen molar-refractivity contribution in [2.45, 2.75) is 13.1 Å². The molecule has 0 amide bonds. The standard InChI is InChI=1S/C18H15F3N2S/c1-12-16(13-7-4-3-5-8-13)23(2)17(24-12)22-15-10-6-9-14(11-15)18(19,20)21/h3-11H,1-2H3. The molecule has 0 radical (unpaired) electrons. The number of hydrogen-bond acceptors (Lipinski definition) is 2. The van der Waals surface area contributed by atoms with Gasteiger partial charge in [0.25, 0.3) is 0 Å². The monoisotopic (exact) mass is 348 g/mol. The second-order valence-electron chi connectivity index (χ2n) is 5.37. The molecule has 0 spiro atoms. The van der Waals surface area contributed by atoms with Gasteiger partial charge in [-0.3, -0.25) is 0 Å². The van der Waals surface area contributed by atoms with Gasteiger partial charge in [0.05, 0.1) is 16.9 Å². The Balaban J connectivity index is 2.10. The van der Waals surface area contributed by atoms with Crippen LogP contribution in [0, 0.1) is 6.92 Å². The van der Waals surface area contributed by atoms with Crippen molar-refractivity contribution in [2.24, 2.45) is 12.0 Å². The van der Waals surface area contributed by atoms with E-state index in [1.807, 2.05) is 48.9 Å². The van der Waals surface area contributed by atoms with E-state index in [1.165, 1.54) is 17.4 Å². The van der Waals surface area contributed by atoms with Crippen LogP contribution in [0.2, 0.25) is 0 Å². The predicted octanol–water partition coefficient (Wildman–Crippen LogP) is 5.31. The van der Waals surface area contributed by atoms with Gasteiger partial charge in [-0.25, -0.2) is 4.99 Å². The van der Waals surface area contributed by atoms with Crippen LogP contribution in [-0.4, -0.2) is 4.57 Å². The molecule has 0 saturated carbocycles. The van der Waals surface area contributed by atoms with Gasteiger partial charge in [-0.2, -0.15) is 13.2 Å². The first kappa shape index (κ1) is 16.5. The van der Waals surface area contributed by atoms with Crippen LogP contribution >= 0.6 is 11.3 Å². The Hall–Kier alpha value is -2.34. The van der Waals surface area contributed by atoms with Crippen LogP contribution < -0.4 is 4.80 Å². The van der Waals surface area contributed by atoms with Gasteiger partial charge in [0.2, 0.25) is 0 Å². The van der Waals surface area contributed by atoms with Crippen LogP contribution in [0.5, 0.6) is 0 Å². The number of alkyl halides is 3. The Morgan fingerprint density at radius 2 is 1.71 bits per heavy atom. The summed E-state index contributed by atoms with van der Waals surface area (Å²) in [6, 6.07) is 14.9. The molecule has 124 valence electrons. The maximum atomic E-state index is 12.8. The maximum Gasteiger partial charge on any atom is 0.416 e. The lowest BCUT2D eigenvalue weighted by atomic mass is 10.1. The molecule has 6 heteroatoms. The van der Waals surface area contributed by atoms with Gasteiger partial charge < -0.3 is 4.57 Å². The summed E-state index contributed by atoms with van der Waals surface area (Å²) in [5.74, 6) is 0. The first-order valence-electron chi connectivity index (χ1n) is 7.30. The first-order valence-corrected chi connectivity index (χ1v) is 8.12. The highest BCUT2D eigenvalue weighted by atomic mass is 32.1. The quantitative estimate of drug-likeness (QED) is 0.597. The third-order valence-electron chi connectivity index (χ3n) is 3.65. The summed E-state index contributed by atoms with van der Waals surface area (Å²) in [5.41, 5.74) is 1.68. The first-order chi connectivity index (χ1) is 11.4. The fourth-order valence-electron chi connectivity index (χ4n) is 2.54. The summed E-state index contributed by atoms with van der Waals surface area (Å²) in [6.45, 7) is 1.98. The number of aryl methyl sites for hydroxylation is 1. The van der Waals surface area contributed by atoms with E-state index < -0.39 is 11.7 Å². The van der Waals surface area contributed by atoms with Gasteiger partial charge >= 0.3 is 6.18 Å². The molecule has 1 heterocycles. The van der Waals surface area contributed by atoms with E-state index in [4.69, 9.17) is 0 Å². The summed E-state index contributed by atoms with van der Waals surface area (Å²) >= 11 is 1.46. The molecule has 3 aromatic rings. The molecule has 0 unspecified atom stereocenters. The van der Waals surface area contributed by atoms with Gasteiger partial charge in [-0.15, -0.1) is 11.3 Å². The number of nitrogens with zero attached hydrogens (tertiary/aromatic N) is 2. The summed E-state index contributed by atoms with van der Waals surface area (Å²) in [6.07, 6.45) is -4.37. The van der Waals surface area contributed by atoms with Crippen LogP contribution in [-0.2, 0) is 13.2 Å². The molecule has 2 nitrogen and oxygen atoms in total. The number of thiazole rings is 1. The molecule has 0 atom stereocenters. The zero-order valence-electron chi connectivity index (χ0n) is 13.1. The maximum absolute atomic E-state index is 12.8. The molecule has 3 rings (SSSR count). The van der Waals surface area contributed by atoms with E-state index in [2.05, 4.69) is 4.99 Å². The van der Waals surface area contributed by atoms with Crippen LogP contribution in [0.3, 0.4) is 0 Å². The molecule has 2 aromatic carbocycles. The molecule has 24 heavy (non-hydrogen) atoms. The van der Waals surface area contributed by atoms with Gasteiger partial charge in [0.1, 0.15) is 0 Å². The summed E-state index contributed by atoms with van der Waals surface area (Å²) in [5, 5.41) is 0. The SMILES string of the molecule is Cc1sc(=Nc2cccc(C(F)(F)F)c2)n(C)c1-c1ccccc1. The van der Waals surface area contributed by atoms with Crippen molar-refractivity contribution in [3.8, 4) is 11.3 Å². The van der Waals surface area contributed by atoms with Crippen LogP contribution in [0.15, 0.2) is 59.6 Å². The van der Waals surface area contributed by atoms with Crippen molar-refractivity contribution in [3.63, 3.8) is 0 Å². The summed E-state index contributed by atoms with van der Waals surface area (Å²) in [7, 11) is 1.87. The summed E-state index contributed by atoms with van der Waals surface area (Å²) in [4.78, 5) is 6.13. The Morgan fingerprint density at radius 1 is 1.00 bits per heavy atom. The third-order valence-corrected chi connectivity index (χ3v) is 4.69. The highest BCUT2D eigenvalue weighted by Crippen LogP contribution is 2.31. The van der Waals surface area contributed by atoms with Crippen molar-refractivity contribution in [1.82, 2.24) is 4.57 Å². The predicted molar refractivity (Wildman–Crippen MR) is 90.1 cm³/mol. The minimum absolute atomic E-state index is 0.293. The van der Waals surface area contributed by atoms with Gasteiger partial charge in [-0.1, -0.05) is 36.4 Å². The second kappa shape index (κ2) is 6.28. The lowest BCUT2D eigenvalue weighted by Crippen LogP contribution is -2.11. The fourth-order valence-corrected chi connectivity index (χ4v) is 3.54. The Kier molecular flexibility index (Phi) is 4.32. The third kappa shape index (κ3) is 3.28. The van der Waals surface area contributed by atoms with E-state index in [-0.39, 0.29) is 0 Å². The molecule has 0 aliphatic heterocycles. The van der Waals surface area contributed by atoms with Gasteiger partial charge in [0.15, 0.2) is 4.80 Å². The van der Waals surface area contributed by atoms with E-state index >= 15 is 0 Å². The molecule has 0 N–H and O–H groups in total. The van der Waals surface area contributed by atoms with Crippen molar-refractivity contribution in [2.75, 3.05) is 0 Å². The highest BCUT2D eigenvalue weighted by Gasteiger charge is 2.30. The zero-order chi connectivity index (χ0) is 17.3. The lowest BCUT2D eigenvalue weighted by molar-refractivity contribution is -0.137. The van der Waals surface area contributed by atoms with Gasteiger partial charge in [-0.05, 0) is 30.7 Å². The second-order valence-corrected chi connectivity index (χ2v) is 6.56. The number of rotatable bonds is 2. The molecule has 1 aromatic heterocycles. The normalized spacial score (nSPS) is 12.6.